The molecule has 1 amide bonds. The first-order chi connectivity index (χ1) is 9.74. The van der Waals surface area contributed by atoms with Gasteiger partial charge in [-0.15, -0.1) is 0 Å². The van der Waals surface area contributed by atoms with E-state index in [-0.39, 0.29) is 11.9 Å². The first-order valence-corrected chi connectivity index (χ1v) is 6.88. The molecule has 0 bridgehead atoms. The maximum absolute atomic E-state index is 11.7. The second-order valence-electron chi connectivity index (χ2n) is 5.28. The minimum Gasteiger partial charge on any atom is -0.368 e. The van der Waals surface area contributed by atoms with Crippen molar-refractivity contribution in [2.75, 3.05) is 0 Å². The molecule has 0 unspecified atom stereocenters. The lowest BCUT2D eigenvalue weighted by Gasteiger charge is -2.35. The summed E-state index contributed by atoms with van der Waals surface area (Å²) < 4.78 is 0. The number of fused-ring (bicyclic) bond motifs is 1. The summed E-state index contributed by atoms with van der Waals surface area (Å²) >= 11 is 0. The lowest BCUT2D eigenvalue weighted by atomic mass is 9.93. The Morgan fingerprint density at radius 3 is 2.40 bits per heavy atom. The van der Waals surface area contributed by atoms with E-state index in [0.29, 0.717) is 6.42 Å². The van der Waals surface area contributed by atoms with Gasteiger partial charge in [-0.05, 0) is 23.1 Å². The van der Waals surface area contributed by atoms with Crippen molar-refractivity contribution < 1.29 is 4.79 Å². The molecule has 0 saturated carbocycles. The van der Waals surface area contributed by atoms with Crippen LogP contribution in [-0.4, -0.2) is 16.8 Å². The average Bonchev–Trinajstić information content (AvgIpc) is 2.47. The zero-order valence-corrected chi connectivity index (χ0v) is 11.3. The van der Waals surface area contributed by atoms with Gasteiger partial charge in [-0.25, -0.2) is 0 Å². The smallest absolute Gasteiger partial charge is 0.235 e. The maximum Gasteiger partial charge on any atom is 0.235 e. The van der Waals surface area contributed by atoms with Gasteiger partial charge >= 0.3 is 0 Å². The second-order valence-corrected chi connectivity index (χ2v) is 5.28. The summed E-state index contributed by atoms with van der Waals surface area (Å²) in [6.45, 7) is 1.53. The molecule has 0 fully saturated rings. The molecule has 0 saturated heterocycles. The van der Waals surface area contributed by atoms with E-state index in [4.69, 9.17) is 5.73 Å². The highest BCUT2D eigenvalue weighted by atomic mass is 16.1. The lowest BCUT2D eigenvalue weighted by Crippen LogP contribution is -2.48. The van der Waals surface area contributed by atoms with E-state index in [1.54, 1.807) is 0 Å². The molecule has 0 radical (unpaired) electrons. The van der Waals surface area contributed by atoms with E-state index >= 15 is 0 Å². The van der Waals surface area contributed by atoms with Crippen LogP contribution in [-0.2, 0) is 24.3 Å². The molecule has 0 aliphatic carbocycles. The quantitative estimate of drug-likeness (QED) is 0.924. The number of primary amides is 1. The highest BCUT2D eigenvalue weighted by Gasteiger charge is 2.29. The third-order valence-electron chi connectivity index (χ3n) is 3.90. The van der Waals surface area contributed by atoms with Gasteiger partial charge in [-0.3, -0.25) is 9.69 Å². The molecule has 1 heterocycles. The fourth-order valence-electron chi connectivity index (χ4n) is 2.84. The summed E-state index contributed by atoms with van der Waals surface area (Å²) in [7, 11) is 0. The zero-order chi connectivity index (χ0) is 13.9. The van der Waals surface area contributed by atoms with Crippen molar-refractivity contribution in [3.8, 4) is 0 Å². The standard InChI is InChI=1S/C17H18N2O/c18-17(20)16-10-14-8-4-5-9-15(14)12-19(16)11-13-6-2-1-3-7-13/h1-9,16H,10-12H2,(H2,18,20)/t16-/m1/s1. The lowest BCUT2D eigenvalue weighted by molar-refractivity contribution is -0.124. The summed E-state index contributed by atoms with van der Waals surface area (Å²) in [5.41, 5.74) is 9.32. The zero-order valence-electron chi connectivity index (χ0n) is 11.3. The molecule has 0 spiro atoms. The number of nitrogens with two attached hydrogens (primary N) is 1. The third-order valence-corrected chi connectivity index (χ3v) is 3.90. The fourth-order valence-corrected chi connectivity index (χ4v) is 2.84. The molecule has 2 aromatic carbocycles. The number of carbonyl (C=O) groups is 1. The van der Waals surface area contributed by atoms with E-state index < -0.39 is 0 Å². The van der Waals surface area contributed by atoms with Crippen molar-refractivity contribution in [2.24, 2.45) is 5.73 Å². The molecule has 20 heavy (non-hydrogen) atoms. The Bertz CT molecular complexity index is 609. The molecule has 1 aliphatic rings. The van der Waals surface area contributed by atoms with Gasteiger partial charge in [0, 0.05) is 13.1 Å². The van der Waals surface area contributed by atoms with Crippen LogP contribution in [0.2, 0.25) is 0 Å². The minimum atomic E-state index is -0.240. The second kappa shape index (κ2) is 5.47. The number of amides is 1. The summed E-state index contributed by atoms with van der Waals surface area (Å²) in [6, 6.07) is 18.3. The molecule has 1 atom stereocenters. The van der Waals surface area contributed by atoms with Crippen LogP contribution in [0.15, 0.2) is 54.6 Å². The molecule has 2 N–H and O–H groups in total. The van der Waals surface area contributed by atoms with Crippen molar-refractivity contribution in [3.05, 3.63) is 71.3 Å². The monoisotopic (exact) mass is 266 g/mol. The van der Waals surface area contributed by atoms with Gasteiger partial charge in [0.25, 0.3) is 0 Å². The van der Waals surface area contributed by atoms with Gasteiger partial charge in [0.15, 0.2) is 0 Å². The largest absolute Gasteiger partial charge is 0.368 e. The Kier molecular flexibility index (Phi) is 3.52. The highest BCUT2D eigenvalue weighted by Crippen LogP contribution is 2.24. The number of hydrogen-bond donors (Lipinski definition) is 1. The number of carbonyl (C=O) groups excluding carboxylic acids is 1. The molecule has 2 aromatic rings. The summed E-state index contributed by atoms with van der Waals surface area (Å²) in [6.07, 6.45) is 0.707. The fraction of sp³-hybridized carbons (Fsp3) is 0.235. The Labute approximate surface area is 119 Å². The van der Waals surface area contributed by atoms with E-state index in [9.17, 15) is 4.79 Å². The number of hydrogen-bond acceptors (Lipinski definition) is 2. The molecule has 3 rings (SSSR count). The van der Waals surface area contributed by atoms with E-state index in [1.807, 2.05) is 30.3 Å². The third kappa shape index (κ3) is 2.58. The van der Waals surface area contributed by atoms with Crippen LogP contribution < -0.4 is 5.73 Å². The summed E-state index contributed by atoms with van der Waals surface area (Å²) in [5, 5.41) is 0. The summed E-state index contributed by atoms with van der Waals surface area (Å²) in [4.78, 5) is 13.9. The van der Waals surface area contributed by atoms with Crippen molar-refractivity contribution in [3.63, 3.8) is 0 Å². The molecule has 0 aromatic heterocycles. The van der Waals surface area contributed by atoms with Crippen LogP contribution in [0.25, 0.3) is 0 Å². The first kappa shape index (κ1) is 12.9. The van der Waals surface area contributed by atoms with Crippen LogP contribution in [0, 0.1) is 0 Å². The van der Waals surface area contributed by atoms with Crippen molar-refractivity contribution in [1.82, 2.24) is 4.90 Å². The predicted octanol–water partition coefficient (Wildman–Crippen LogP) is 2.10. The van der Waals surface area contributed by atoms with Crippen LogP contribution in [0.5, 0.6) is 0 Å². The van der Waals surface area contributed by atoms with Crippen LogP contribution in [0.1, 0.15) is 16.7 Å². The Balaban J connectivity index is 1.87. The van der Waals surface area contributed by atoms with Crippen molar-refractivity contribution in [2.45, 2.75) is 25.6 Å². The van der Waals surface area contributed by atoms with Gasteiger partial charge < -0.3 is 5.73 Å². The van der Waals surface area contributed by atoms with Gasteiger partial charge in [-0.2, -0.15) is 0 Å². The number of rotatable bonds is 3. The normalized spacial score (nSPS) is 18.5. The molecular weight excluding hydrogens is 248 g/mol. The Morgan fingerprint density at radius 2 is 1.70 bits per heavy atom. The predicted molar refractivity (Wildman–Crippen MR) is 78.8 cm³/mol. The van der Waals surface area contributed by atoms with Gasteiger partial charge in [0.2, 0.25) is 5.91 Å². The minimum absolute atomic E-state index is 0.217. The summed E-state index contributed by atoms with van der Waals surface area (Å²) in [5.74, 6) is -0.240. The van der Waals surface area contributed by atoms with Crippen LogP contribution in [0.4, 0.5) is 0 Å². The number of nitrogens with zero attached hydrogens (tertiary/aromatic N) is 1. The Morgan fingerprint density at radius 1 is 1.05 bits per heavy atom. The highest BCUT2D eigenvalue weighted by molar-refractivity contribution is 5.80. The van der Waals surface area contributed by atoms with E-state index in [1.165, 1.54) is 16.7 Å². The topological polar surface area (TPSA) is 46.3 Å². The van der Waals surface area contributed by atoms with Gasteiger partial charge in [-0.1, -0.05) is 54.6 Å². The van der Waals surface area contributed by atoms with Crippen LogP contribution in [0.3, 0.4) is 0 Å². The van der Waals surface area contributed by atoms with Crippen molar-refractivity contribution in [1.29, 1.82) is 0 Å². The maximum atomic E-state index is 11.7. The molecule has 1 aliphatic heterocycles. The van der Waals surface area contributed by atoms with E-state index in [2.05, 4.69) is 29.2 Å². The molecule has 3 heteroatoms. The first-order valence-electron chi connectivity index (χ1n) is 6.88. The average molecular weight is 266 g/mol. The molecule has 3 nitrogen and oxygen atoms in total. The SMILES string of the molecule is NC(=O)[C@H]1Cc2ccccc2CN1Cc1ccccc1. The molecule has 102 valence electrons. The van der Waals surface area contributed by atoms with Crippen molar-refractivity contribution >= 4 is 5.91 Å². The Hall–Kier alpha value is -2.13. The number of benzene rings is 2. The van der Waals surface area contributed by atoms with E-state index in [0.717, 1.165) is 13.1 Å². The van der Waals surface area contributed by atoms with Gasteiger partial charge in [0.1, 0.15) is 0 Å². The van der Waals surface area contributed by atoms with Gasteiger partial charge in [0.05, 0.1) is 6.04 Å². The van der Waals surface area contributed by atoms with Crippen LogP contribution >= 0.6 is 0 Å². The molecular formula is C17H18N2O.